The fourth-order valence-corrected chi connectivity index (χ4v) is 2.73. The summed E-state index contributed by atoms with van der Waals surface area (Å²) in [6, 6.07) is 14.7. The molecule has 22 heavy (non-hydrogen) atoms. The fraction of sp³-hybridized carbons (Fsp3) is 0.294. The van der Waals surface area contributed by atoms with Gasteiger partial charge in [-0.15, -0.1) is 12.4 Å². The van der Waals surface area contributed by atoms with Crippen molar-refractivity contribution in [1.82, 2.24) is 5.32 Å². The lowest BCUT2D eigenvalue weighted by molar-refractivity contribution is 0.304. The molecule has 118 valence electrons. The van der Waals surface area contributed by atoms with Crippen LogP contribution in [0.2, 0.25) is 5.02 Å². The number of hydrogen-bond donors (Lipinski definition) is 1. The standard InChI is InChI=1S/C17H17BrClNO.ClH/c18-16-9-13(10-20-15-6-7-15)3-8-17(16)21-11-12-1-4-14(19)5-2-12;/h1-5,8-9,15,20H,6-7,10-11H2;1H. The van der Waals surface area contributed by atoms with Crippen LogP contribution in [0, 0.1) is 0 Å². The number of nitrogens with one attached hydrogen (secondary N) is 1. The summed E-state index contributed by atoms with van der Waals surface area (Å²) < 4.78 is 6.84. The molecule has 0 saturated heterocycles. The van der Waals surface area contributed by atoms with Gasteiger partial charge in [-0.3, -0.25) is 0 Å². The molecule has 0 unspecified atom stereocenters. The van der Waals surface area contributed by atoms with Crippen LogP contribution in [0.4, 0.5) is 0 Å². The lowest BCUT2D eigenvalue weighted by Gasteiger charge is -2.10. The van der Waals surface area contributed by atoms with Crippen LogP contribution in [0.25, 0.3) is 0 Å². The van der Waals surface area contributed by atoms with E-state index in [0.29, 0.717) is 6.61 Å². The van der Waals surface area contributed by atoms with E-state index in [0.717, 1.165) is 33.4 Å². The average molecular weight is 403 g/mol. The summed E-state index contributed by atoms with van der Waals surface area (Å²) in [7, 11) is 0. The minimum absolute atomic E-state index is 0. The van der Waals surface area contributed by atoms with E-state index in [9.17, 15) is 0 Å². The molecule has 1 N–H and O–H groups in total. The van der Waals surface area contributed by atoms with Gasteiger partial charge in [-0.1, -0.05) is 29.8 Å². The van der Waals surface area contributed by atoms with Crippen molar-refractivity contribution in [2.45, 2.75) is 32.0 Å². The van der Waals surface area contributed by atoms with Gasteiger partial charge in [0.1, 0.15) is 12.4 Å². The first-order valence-corrected chi connectivity index (χ1v) is 8.27. The summed E-state index contributed by atoms with van der Waals surface area (Å²) in [6.45, 7) is 1.45. The van der Waals surface area contributed by atoms with Crippen LogP contribution in [-0.2, 0) is 13.2 Å². The molecule has 0 aliphatic heterocycles. The number of ether oxygens (including phenoxy) is 1. The normalized spacial score (nSPS) is 13.5. The van der Waals surface area contributed by atoms with Crippen LogP contribution in [0.15, 0.2) is 46.9 Å². The van der Waals surface area contributed by atoms with Gasteiger partial charge in [-0.05, 0) is 64.2 Å². The molecule has 1 fully saturated rings. The summed E-state index contributed by atoms with van der Waals surface area (Å²) >= 11 is 9.45. The monoisotopic (exact) mass is 401 g/mol. The van der Waals surface area contributed by atoms with E-state index in [1.165, 1.54) is 18.4 Å². The minimum atomic E-state index is 0. The maximum Gasteiger partial charge on any atom is 0.134 e. The topological polar surface area (TPSA) is 21.3 Å². The van der Waals surface area contributed by atoms with Crippen molar-refractivity contribution in [3.8, 4) is 5.75 Å². The Morgan fingerprint density at radius 2 is 1.77 bits per heavy atom. The third-order valence-corrected chi connectivity index (χ3v) is 4.35. The Labute approximate surface area is 150 Å². The van der Waals surface area contributed by atoms with E-state index in [1.54, 1.807) is 0 Å². The minimum Gasteiger partial charge on any atom is -0.488 e. The van der Waals surface area contributed by atoms with Crippen LogP contribution in [0.5, 0.6) is 5.75 Å². The highest BCUT2D eigenvalue weighted by Crippen LogP contribution is 2.27. The highest BCUT2D eigenvalue weighted by atomic mass is 79.9. The first-order chi connectivity index (χ1) is 10.2. The summed E-state index contributed by atoms with van der Waals surface area (Å²) in [4.78, 5) is 0. The summed E-state index contributed by atoms with van der Waals surface area (Å²) in [5.74, 6) is 0.861. The van der Waals surface area contributed by atoms with Gasteiger partial charge in [0.25, 0.3) is 0 Å². The van der Waals surface area contributed by atoms with Gasteiger partial charge in [0.2, 0.25) is 0 Å². The smallest absolute Gasteiger partial charge is 0.134 e. The lowest BCUT2D eigenvalue weighted by Crippen LogP contribution is -2.15. The Bertz CT molecular complexity index is 615. The fourth-order valence-electron chi connectivity index (χ4n) is 2.06. The third kappa shape index (κ3) is 5.17. The molecule has 0 atom stereocenters. The van der Waals surface area contributed by atoms with E-state index in [4.69, 9.17) is 16.3 Å². The van der Waals surface area contributed by atoms with Gasteiger partial charge < -0.3 is 10.1 Å². The molecular formula is C17H18BrCl2NO. The predicted octanol–water partition coefficient (Wildman–Crippen LogP) is 5.36. The molecule has 0 amide bonds. The predicted molar refractivity (Wildman–Crippen MR) is 97.0 cm³/mol. The molecule has 0 aromatic heterocycles. The Kier molecular flexibility index (Phi) is 6.57. The van der Waals surface area contributed by atoms with Gasteiger partial charge in [-0.2, -0.15) is 0 Å². The molecule has 2 nitrogen and oxygen atoms in total. The zero-order chi connectivity index (χ0) is 14.7. The van der Waals surface area contributed by atoms with E-state index in [-0.39, 0.29) is 12.4 Å². The number of rotatable bonds is 6. The second-order valence-corrected chi connectivity index (χ2v) is 6.63. The molecule has 1 aliphatic carbocycles. The Morgan fingerprint density at radius 1 is 1.09 bits per heavy atom. The molecule has 0 spiro atoms. The van der Waals surface area contributed by atoms with Crippen LogP contribution < -0.4 is 10.1 Å². The van der Waals surface area contributed by atoms with Crippen LogP contribution in [-0.4, -0.2) is 6.04 Å². The molecule has 2 aromatic carbocycles. The van der Waals surface area contributed by atoms with Gasteiger partial charge >= 0.3 is 0 Å². The molecule has 0 radical (unpaired) electrons. The van der Waals surface area contributed by atoms with Crippen molar-refractivity contribution in [2.75, 3.05) is 0 Å². The maximum absolute atomic E-state index is 5.87. The highest BCUT2D eigenvalue weighted by Gasteiger charge is 2.19. The second kappa shape index (κ2) is 8.21. The maximum atomic E-state index is 5.87. The van der Waals surface area contributed by atoms with E-state index in [2.05, 4.69) is 33.4 Å². The summed E-state index contributed by atoms with van der Waals surface area (Å²) in [6.07, 6.45) is 2.62. The molecule has 0 bridgehead atoms. The van der Waals surface area contributed by atoms with Crippen molar-refractivity contribution >= 4 is 39.9 Å². The first kappa shape index (κ1) is 17.6. The molecule has 1 aliphatic rings. The van der Waals surface area contributed by atoms with Crippen molar-refractivity contribution in [2.24, 2.45) is 0 Å². The zero-order valence-corrected chi connectivity index (χ0v) is 15.2. The molecule has 1 saturated carbocycles. The van der Waals surface area contributed by atoms with Gasteiger partial charge in [0.15, 0.2) is 0 Å². The largest absolute Gasteiger partial charge is 0.488 e. The van der Waals surface area contributed by atoms with Crippen molar-refractivity contribution < 1.29 is 4.74 Å². The van der Waals surface area contributed by atoms with Crippen molar-refractivity contribution in [3.63, 3.8) is 0 Å². The summed E-state index contributed by atoms with van der Waals surface area (Å²) in [5, 5.41) is 4.25. The van der Waals surface area contributed by atoms with Crippen LogP contribution >= 0.6 is 39.9 Å². The number of halogens is 3. The van der Waals surface area contributed by atoms with Crippen molar-refractivity contribution in [1.29, 1.82) is 0 Å². The molecular weight excluding hydrogens is 385 g/mol. The van der Waals surface area contributed by atoms with Crippen LogP contribution in [0.3, 0.4) is 0 Å². The second-order valence-electron chi connectivity index (χ2n) is 5.34. The van der Waals surface area contributed by atoms with E-state index < -0.39 is 0 Å². The molecule has 0 heterocycles. The Balaban J connectivity index is 0.00000176. The van der Waals surface area contributed by atoms with Gasteiger partial charge in [0, 0.05) is 17.6 Å². The summed E-state index contributed by atoms with van der Waals surface area (Å²) in [5.41, 5.74) is 2.37. The molecule has 2 aromatic rings. The van der Waals surface area contributed by atoms with E-state index >= 15 is 0 Å². The Morgan fingerprint density at radius 3 is 2.41 bits per heavy atom. The SMILES string of the molecule is Cl.Clc1ccc(COc2ccc(CNC3CC3)cc2Br)cc1. The molecule has 3 rings (SSSR count). The Hall–Kier alpha value is -0.740. The first-order valence-electron chi connectivity index (χ1n) is 7.10. The average Bonchev–Trinajstić information content (AvgIpc) is 3.30. The van der Waals surface area contributed by atoms with Crippen LogP contribution in [0.1, 0.15) is 24.0 Å². The lowest BCUT2D eigenvalue weighted by atomic mass is 10.2. The van der Waals surface area contributed by atoms with Gasteiger partial charge in [0.05, 0.1) is 4.47 Å². The quantitative estimate of drug-likeness (QED) is 0.702. The van der Waals surface area contributed by atoms with E-state index in [1.807, 2.05) is 30.3 Å². The third-order valence-electron chi connectivity index (χ3n) is 3.48. The number of hydrogen-bond acceptors (Lipinski definition) is 2. The number of benzene rings is 2. The highest BCUT2D eigenvalue weighted by molar-refractivity contribution is 9.10. The zero-order valence-electron chi connectivity index (χ0n) is 12.0. The van der Waals surface area contributed by atoms with Crippen molar-refractivity contribution in [3.05, 3.63) is 63.1 Å². The molecule has 5 heteroatoms. The van der Waals surface area contributed by atoms with Gasteiger partial charge in [-0.25, -0.2) is 0 Å².